The molecular formula is C16H18O3. The molecule has 0 radical (unpaired) electrons. The second kappa shape index (κ2) is 5.02. The Morgan fingerprint density at radius 2 is 1.79 bits per heavy atom. The molecule has 0 aliphatic rings. The molecule has 1 unspecified atom stereocenters. The predicted octanol–water partition coefficient (Wildman–Crippen LogP) is 3.37. The number of aliphatic hydroxyl groups is 1. The van der Waals surface area contributed by atoms with Crippen LogP contribution in [0.1, 0.15) is 31.9 Å². The van der Waals surface area contributed by atoms with Crippen molar-refractivity contribution in [1.29, 1.82) is 0 Å². The number of carbonyl (C=O) groups is 1. The first-order valence-corrected chi connectivity index (χ1v) is 6.31. The van der Waals surface area contributed by atoms with Crippen LogP contribution in [0.4, 0.5) is 0 Å². The quantitative estimate of drug-likeness (QED) is 0.884. The zero-order valence-electron chi connectivity index (χ0n) is 11.1. The molecule has 0 aromatic heterocycles. The van der Waals surface area contributed by atoms with Crippen LogP contribution in [0, 0.1) is 5.41 Å². The van der Waals surface area contributed by atoms with Gasteiger partial charge in [0.2, 0.25) is 0 Å². The molecule has 100 valence electrons. The average molecular weight is 258 g/mol. The van der Waals surface area contributed by atoms with Crippen molar-refractivity contribution >= 4 is 16.7 Å². The molecule has 0 bridgehead atoms. The minimum atomic E-state index is -0.948. The number of hydrogen-bond acceptors (Lipinski definition) is 2. The van der Waals surface area contributed by atoms with Crippen LogP contribution in [0.5, 0.6) is 0 Å². The van der Waals surface area contributed by atoms with E-state index >= 15 is 0 Å². The van der Waals surface area contributed by atoms with Crippen molar-refractivity contribution in [2.45, 2.75) is 26.4 Å². The van der Waals surface area contributed by atoms with E-state index in [-0.39, 0.29) is 6.42 Å². The highest BCUT2D eigenvalue weighted by Gasteiger charge is 2.31. The van der Waals surface area contributed by atoms with Gasteiger partial charge in [-0.2, -0.15) is 0 Å². The minimum Gasteiger partial charge on any atom is -0.481 e. The summed E-state index contributed by atoms with van der Waals surface area (Å²) >= 11 is 0. The Labute approximate surface area is 112 Å². The molecule has 0 amide bonds. The van der Waals surface area contributed by atoms with E-state index in [4.69, 9.17) is 5.11 Å². The first kappa shape index (κ1) is 13.6. The number of fused-ring (bicyclic) bond motifs is 1. The molecule has 0 heterocycles. The minimum absolute atomic E-state index is 0.191. The van der Waals surface area contributed by atoms with E-state index in [9.17, 15) is 9.90 Å². The zero-order chi connectivity index (χ0) is 14.0. The van der Waals surface area contributed by atoms with E-state index in [2.05, 4.69) is 0 Å². The Balaban J connectivity index is 2.37. The molecule has 1 atom stereocenters. The number of carboxylic acids is 1. The Hall–Kier alpha value is -1.87. The van der Waals surface area contributed by atoms with Crippen LogP contribution in [0.25, 0.3) is 10.8 Å². The van der Waals surface area contributed by atoms with Crippen LogP contribution in [0.3, 0.4) is 0 Å². The van der Waals surface area contributed by atoms with E-state index in [0.717, 1.165) is 16.3 Å². The van der Waals surface area contributed by atoms with E-state index in [1.54, 1.807) is 13.8 Å². The van der Waals surface area contributed by atoms with Gasteiger partial charge in [-0.15, -0.1) is 0 Å². The number of benzene rings is 2. The highest BCUT2D eigenvalue weighted by atomic mass is 16.4. The topological polar surface area (TPSA) is 57.5 Å². The van der Waals surface area contributed by atoms with Gasteiger partial charge in [0.05, 0.1) is 11.5 Å². The molecule has 19 heavy (non-hydrogen) atoms. The fourth-order valence-electron chi connectivity index (χ4n) is 2.22. The molecule has 2 N–H and O–H groups in total. The van der Waals surface area contributed by atoms with Crippen molar-refractivity contribution in [2.75, 3.05) is 0 Å². The normalized spacial score (nSPS) is 13.4. The van der Waals surface area contributed by atoms with Gasteiger partial charge < -0.3 is 10.2 Å². The standard InChI is InChI=1S/C16H18O3/c1-16(2,15(18)19)10-14(17)13-9-5-7-11-6-3-4-8-12(11)13/h3-9,14,17H,10H2,1-2H3,(H,18,19). The summed E-state index contributed by atoms with van der Waals surface area (Å²) < 4.78 is 0. The van der Waals surface area contributed by atoms with Gasteiger partial charge in [0, 0.05) is 0 Å². The average Bonchev–Trinajstić information content (AvgIpc) is 2.37. The number of aliphatic carboxylic acids is 1. The van der Waals surface area contributed by atoms with Crippen LogP contribution in [0.15, 0.2) is 42.5 Å². The molecule has 0 saturated carbocycles. The van der Waals surface area contributed by atoms with Crippen LogP contribution in [-0.4, -0.2) is 16.2 Å². The maximum absolute atomic E-state index is 11.1. The molecule has 2 rings (SSSR count). The summed E-state index contributed by atoms with van der Waals surface area (Å²) in [5, 5.41) is 21.5. The van der Waals surface area contributed by atoms with Gasteiger partial charge in [0.15, 0.2) is 0 Å². The van der Waals surface area contributed by atoms with E-state index in [1.807, 2.05) is 42.5 Å². The van der Waals surface area contributed by atoms with Gasteiger partial charge in [-0.1, -0.05) is 42.5 Å². The number of rotatable bonds is 4. The molecule has 0 aliphatic carbocycles. The summed E-state index contributed by atoms with van der Waals surface area (Å²) in [6.45, 7) is 3.26. The van der Waals surface area contributed by atoms with Crippen molar-refractivity contribution in [3.05, 3.63) is 48.0 Å². The zero-order valence-corrected chi connectivity index (χ0v) is 11.1. The van der Waals surface area contributed by atoms with E-state index in [0.29, 0.717) is 0 Å². The van der Waals surface area contributed by atoms with Gasteiger partial charge in [0.25, 0.3) is 0 Å². The molecule has 0 fully saturated rings. The lowest BCUT2D eigenvalue weighted by Gasteiger charge is -2.23. The summed E-state index contributed by atoms with van der Waals surface area (Å²) in [5.41, 5.74) is -0.163. The Bertz CT molecular complexity index is 596. The Morgan fingerprint density at radius 1 is 1.16 bits per heavy atom. The van der Waals surface area contributed by atoms with E-state index in [1.165, 1.54) is 0 Å². The lowest BCUT2D eigenvalue weighted by molar-refractivity contribution is -0.148. The third-order valence-corrected chi connectivity index (χ3v) is 3.46. The van der Waals surface area contributed by atoms with Crippen molar-refractivity contribution in [3.8, 4) is 0 Å². The molecule has 0 spiro atoms. The highest BCUT2D eigenvalue weighted by molar-refractivity contribution is 5.86. The number of aliphatic hydroxyl groups excluding tert-OH is 1. The Kier molecular flexibility index (Phi) is 3.58. The maximum atomic E-state index is 11.1. The monoisotopic (exact) mass is 258 g/mol. The molecule has 0 aliphatic heterocycles. The second-order valence-electron chi connectivity index (χ2n) is 5.48. The summed E-state index contributed by atoms with van der Waals surface area (Å²) in [4.78, 5) is 11.1. The van der Waals surface area contributed by atoms with Gasteiger partial charge >= 0.3 is 5.97 Å². The fourth-order valence-corrected chi connectivity index (χ4v) is 2.22. The van der Waals surface area contributed by atoms with Crippen molar-refractivity contribution in [2.24, 2.45) is 5.41 Å². The van der Waals surface area contributed by atoms with Gasteiger partial charge in [-0.3, -0.25) is 4.79 Å². The summed E-state index contributed by atoms with van der Waals surface area (Å²) in [5.74, 6) is -0.896. The van der Waals surface area contributed by atoms with Crippen LogP contribution in [0.2, 0.25) is 0 Å². The second-order valence-corrected chi connectivity index (χ2v) is 5.48. The molecule has 0 saturated heterocycles. The van der Waals surface area contributed by atoms with Crippen molar-refractivity contribution < 1.29 is 15.0 Å². The summed E-state index contributed by atoms with van der Waals surface area (Å²) in [7, 11) is 0. The van der Waals surface area contributed by atoms with Crippen LogP contribution >= 0.6 is 0 Å². The van der Waals surface area contributed by atoms with Crippen molar-refractivity contribution in [1.82, 2.24) is 0 Å². The van der Waals surface area contributed by atoms with Gasteiger partial charge in [-0.25, -0.2) is 0 Å². The lowest BCUT2D eigenvalue weighted by atomic mass is 9.84. The highest BCUT2D eigenvalue weighted by Crippen LogP contribution is 2.33. The molecule has 3 nitrogen and oxygen atoms in total. The summed E-state index contributed by atoms with van der Waals surface area (Å²) in [6.07, 6.45) is -0.590. The van der Waals surface area contributed by atoms with Gasteiger partial charge in [-0.05, 0) is 36.6 Å². The maximum Gasteiger partial charge on any atom is 0.309 e. The number of carboxylic acid groups (broad SMARTS) is 1. The first-order valence-electron chi connectivity index (χ1n) is 6.31. The summed E-state index contributed by atoms with van der Waals surface area (Å²) in [6, 6.07) is 13.5. The lowest BCUT2D eigenvalue weighted by Crippen LogP contribution is -2.26. The number of hydrogen-bond donors (Lipinski definition) is 2. The smallest absolute Gasteiger partial charge is 0.309 e. The van der Waals surface area contributed by atoms with Crippen LogP contribution < -0.4 is 0 Å². The third-order valence-electron chi connectivity index (χ3n) is 3.46. The molecule has 3 heteroatoms. The fraction of sp³-hybridized carbons (Fsp3) is 0.312. The molecule has 2 aromatic rings. The first-order chi connectivity index (χ1) is 8.92. The van der Waals surface area contributed by atoms with E-state index < -0.39 is 17.5 Å². The van der Waals surface area contributed by atoms with Crippen LogP contribution in [-0.2, 0) is 4.79 Å². The van der Waals surface area contributed by atoms with Gasteiger partial charge in [0.1, 0.15) is 0 Å². The molecule has 2 aromatic carbocycles. The third kappa shape index (κ3) is 2.76. The largest absolute Gasteiger partial charge is 0.481 e. The molecular weight excluding hydrogens is 240 g/mol. The Morgan fingerprint density at radius 3 is 2.47 bits per heavy atom. The SMILES string of the molecule is CC(C)(CC(O)c1cccc2ccccc12)C(=O)O. The predicted molar refractivity (Wildman–Crippen MR) is 74.9 cm³/mol. The van der Waals surface area contributed by atoms with Crippen molar-refractivity contribution in [3.63, 3.8) is 0 Å².